The Balaban J connectivity index is 2.13. The van der Waals surface area contributed by atoms with Crippen molar-refractivity contribution in [2.24, 2.45) is 0 Å². The number of halogens is 3. The molecular formula is C15H21BrF2N2O2. The fourth-order valence-electron chi connectivity index (χ4n) is 2.76. The van der Waals surface area contributed by atoms with Crippen molar-refractivity contribution in [3.05, 3.63) is 22.2 Å². The summed E-state index contributed by atoms with van der Waals surface area (Å²) in [6.07, 6.45) is 2.33. The average Bonchev–Trinajstić information content (AvgIpc) is 2.49. The van der Waals surface area contributed by atoms with Gasteiger partial charge in [0.2, 0.25) is 0 Å². The van der Waals surface area contributed by atoms with Crippen LogP contribution in [0.1, 0.15) is 18.4 Å². The Labute approximate surface area is 137 Å². The highest BCUT2D eigenvalue weighted by atomic mass is 79.9. The van der Waals surface area contributed by atoms with E-state index in [-0.39, 0.29) is 5.75 Å². The first-order chi connectivity index (χ1) is 10.5. The Hall–Kier alpha value is -0.920. The summed E-state index contributed by atoms with van der Waals surface area (Å²) < 4.78 is 35.1. The summed E-state index contributed by atoms with van der Waals surface area (Å²) >= 11 is 3.29. The molecule has 7 heteroatoms. The van der Waals surface area contributed by atoms with Gasteiger partial charge in [-0.3, -0.25) is 4.90 Å². The number of likely N-dealkylation sites (tertiary alicyclic amines) is 1. The Bertz CT molecular complexity index is 503. The van der Waals surface area contributed by atoms with Crippen molar-refractivity contribution in [3.8, 4) is 11.5 Å². The van der Waals surface area contributed by atoms with Gasteiger partial charge in [-0.2, -0.15) is 8.78 Å². The normalized spacial score (nSPS) is 19.5. The number of methoxy groups -OCH3 is 1. The molecule has 1 aliphatic heterocycles. The molecule has 1 fully saturated rings. The van der Waals surface area contributed by atoms with Crippen LogP contribution in [0.4, 0.5) is 8.78 Å². The number of likely N-dealkylation sites (N-methyl/N-ethyl adjacent to an activating group) is 1. The molecule has 1 aromatic rings. The lowest BCUT2D eigenvalue weighted by Crippen LogP contribution is -2.43. The van der Waals surface area contributed by atoms with Crippen LogP contribution in [0.3, 0.4) is 0 Å². The number of piperidine rings is 1. The van der Waals surface area contributed by atoms with E-state index in [1.807, 2.05) is 13.1 Å². The van der Waals surface area contributed by atoms with E-state index in [2.05, 4.69) is 30.9 Å². The van der Waals surface area contributed by atoms with Gasteiger partial charge in [0.05, 0.1) is 11.6 Å². The van der Waals surface area contributed by atoms with Crippen LogP contribution in [0, 0.1) is 0 Å². The summed E-state index contributed by atoms with van der Waals surface area (Å²) in [6.45, 7) is -0.115. The van der Waals surface area contributed by atoms with Gasteiger partial charge in [0.15, 0.2) is 11.5 Å². The van der Waals surface area contributed by atoms with Crippen molar-refractivity contribution in [2.75, 3.05) is 27.2 Å². The summed E-state index contributed by atoms with van der Waals surface area (Å²) in [5, 5.41) is 3.31. The molecule has 22 heavy (non-hydrogen) atoms. The molecule has 1 heterocycles. The van der Waals surface area contributed by atoms with Crippen LogP contribution < -0.4 is 14.8 Å². The van der Waals surface area contributed by atoms with Gasteiger partial charge in [-0.25, -0.2) is 0 Å². The van der Waals surface area contributed by atoms with Crippen molar-refractivity contribution in [3.63, 3.8) is 0 Å². The van der Waals surface area contributed by atoms with Gasteiger partial charge in [-0.05, 0) is 60.1 Å². The van der Waals surface area contributed by atoms with Crippen molar-refractivity contribution >= 4 is 15.9 Å². The van der Waals surface area contributed by atoms with E-state index in [4.69, 9.17) is 4.74 Å². The summed E-state index contributed by atoms with van der Waals surface area (Å²) in [5.41, 5.74) is 1.00. The predicted molar refractivity (Wildman–Crippen MR) is 84.7 cm³/mol. The van der Waals surface area contributed by atoms with E-state index in [1.54, 1.807) is 6.07 Å². The Morgan fingerprint density at radius 1 is 1.45 bits per heavy atom. The second kappa shape index (κ2) is 8.08. The molecule has 1 aliphatic rings. The fraction of sp³-hybridized carbons (Fsp3) is 0.600. The van der Waals surface area contributed by atoms with Crippen LogP contribution in [-0.2, 0) is 6.54 Å². The van der Waals surface area contributed by atoms with E-state index in [9.17, 15) is 8.78 Å². The zero-order valence-corrected chi connectivity index (χ0v) is 14.3. The summed E-state index contributed by atoms with van der Waals surface area (Å²) in [4.78, 5) is 2.35. The number of hydrogen-bond acceptors (Lipinski definition) is 4. The molecule has 1 aromatic carbocycles. The maximum Gasteiger partial charge on any atom is 0.387 e. The number of nitrogens with one attached hydrogen (secondary N) is 1. The first-order valence-corrected chi connectivity index (χ1v) is 8.03. The zero-order valence-electron chi connectivity index (χ0n) is 12.7. The molecule has 1 saturated heterocycles. The topological polar surface area (TPSA) is 33.7 Å². The molecule has 0 aliphatic carbocycles. The van der Waals surface area contributed by atoms with Crippen LogP contribution in [-0.4, -0.2) is 44.8 Å². The minimum absolute atomic E-state index is 0.0352. The lowest BCUT2D eigenvalue weighted by Gasteiger charge is -2.32. The standard InChI is InChI=1S/C15H21BrF2N2O2/c1-19-11-4-3-5-20(9-11)8-10-6-12(16)14(22-15(17)18)13(7-10)21-2/h6-7,11,15,19H,3-5,8-9H2,1-2H3. The van der Waals surface area contributed by atoms with Crippen molar-refractivity contribution in [1.82, 2.24) is 10.2 Å². The monoisotopic (exact) mass is 378 g/mol. The largest absolute Gasteiger partial charge is 0.493 e. The van der Waals surface area contributed by atoms with Crippen LogP contribution >= 0.6 is 15.9 Å². The lowest BCUT2D eigenvalue weighted by atomic mass is 10.0. The predicted octanol–water partition coefficient (Wildman–Crippen LogP) is 3.24. The van der Waals surface area contributed by atoms with Crippen molar-refractivity contribution < 1.29 is 18.3 Å². The van der Waals surface area contributed by atoms with Gasteiger partial charge >= 0.3 is 6.61 Å². The summed E-state index contributed by atoms with van der Waals surface area (Å²) in [7, 11) is 3.42. The Kier molecular flexibility index (Phi) is 6.40. The minimum Gasteiger partial charge on any atom is -0.493 e. The smallest absolute Gasteiger partial charge is 0.387 e. The Morgan fingerprint density at radius 3 is 2.86 bits per heavy atom. The molecule has 4 nitrogen and oxygen atoms in total. The number of rotatable bonds is 6. The van der Waals surface area contributed by atoms with Gasteiger partial charge in [-0.15, -0.1) is 0 Å². The van der Waals surface area contributed by atoms with E-state index in [0.29, 0.717) is 16.3 Å². The number of ether oxygens (including phenoxy) is 2. The van der Waals surface area contributed by atoms with Crippen LogP contribution in [0.2, 0.25) is 0 Å². The molecular weight excluding hydrogens is 358 g/mol. The van der Waals surface area contributed by atoms with E-state index >= 15 is 0 Å². The first kappa shape index (κ1) is 17.4. The van der Waals surface area contributed by atoms with Crippen LogP contribution in [0.25, 0.3) is 0 Å². The van der Waals surface area contributed by atoms with Crippen molar-refractivity contribution in [1.29, 1.82) is 0 Å². The first-order valence-electron chi connectivity index (χ1n) is 7.24. The number of hydrogen-bond donors (Lipinski definition) is 1. The van der Waals surface area contributed by atoms with Gasteiger partial charge in [0.1, 0.15) is 0 Å². The molecule has 1 unspecified atom stereocenters. The third kappa shape index (κ3) is 4.54. The molecule has 1 atom stereocenters. The highest BCUT2D eigenvalue weighted by Gasteiger charge is 2.20. The highest BCUT2D eigenvalue weighted by molar-refractivity contribution is 9.10. The molecule has 1 N–H and O–H groups in total. The van der Waals surface area contributed by atoms with E-state index < -0.39 is 6.61 Å². The number of benzene rings is 1. The molecule has 0 amide bonds. The lowest BCUT2D eigenvalue weighted by molar-refractivity contribution is -0.0517. The SMILES string of the molecule is CNC1CCCN(Cc2cc(Br)c(OC(F)F)c(OC)c2)C1. The second-order valence-electron chi connectivity index (χ2n) is 5.35. The third-order valence-corrected chi connectivity index (χ3v) is 4.41. The number of nitrogens with zero attached hydrogens (tertiary/aromatic N) is 1. The van der Waals surface area contributed by atoms with Gasteiger partial charge < -0.3 is 14.8 Å². The quantitative estimate of drug-likeness (QED) is 0.823. The van der Waals surface area contributed by atoms with Crippen molar-refractivity contribution in [2.45, 2.75) is 32.0 Å². The average molecular weight is 379 g/mol. The molecule has 124 valence electrons. The van der Waals surface area contributed by atoms with Gasteiger partial charge in [0.25, 0.3) is 0 Å². The van der Waals surface area contributed by atoms with E-state index in [1.165, 1.54) is 13.5 Å². The summed E-state index contributed by atoms with van der Waals surface area (Å²) in [6, 6.07) is 4.06. The van der Waals surface area contributed by atoms with Crippen LogP contribution in [0.5, 0.6) is 11.5 Å². The minimum atomic E-state index is -2.88. The molecule has 0 bridgehead atoms. The number of alkyl halides is 2. The van der Waals surface area contributed by atoms with Gasteiger partial charge in [-0.1, -0.05) is 0 Å². The maximum atomic E-state index is 12.5. The zero-order chi connectivity index (χ0) is 16.1. The highest BCUT2D eigenvalue weighted by Crippen LogP contribution is 2.38. The summed E-state index contributed by atoms with van der Waals surface area (Å²) in [5.74, 6) is 0.347. The second-order valence-corrected chi connectivity index (χ2v) is 6.20. The van der Waals surface area contributed by atoms with Gasteiger partial charge in [0, 0.05) is 19.1 Å². The maximum absolute atomic E-state index is 12.5. The molecule has 0 radical (unpaired) electrons. The third-order valence-electron chi connectivity index (χ3n) is 3.82. The Morgan fingerprint density at radius 2 is 2.23 bits per heavy atom. The fourth-order valence-corrected chi connectivity index (χ4v) is 3.34. The van der Waals surface area contributed by atoms with E-state index in [0.717, 1.165) is 31.6 Å². The molecule has 0 aromatic heterocycles. The van der Waals surface area contributed by atoms with Crippen LogP contribution in [0.15, 0.2) is 16.6 Å². The molecule has 2 rings (SSSR count). The molecule has 0 saturated carbocycles. The molecule has 0 spiro atoms.